The molecule has 0 heterocycles. The monoisotopic (exact) mass is 241 g/mol. The van der Waals surface area contributed by atoms with Crippen LogP contribution in [0.1, 0.15) is 16.8 Å². The van der Waals surface area contributed by atoms with Gasteiger partial charge in [0.2, 0.25) is 0 Å². The number of benzene rings is 1. The van der Waals surface area contributed by atoms with Gasteiger partial charge in [-0.25, -0.2) is 0 Å². The van der Waals surface area contributed by atoms with Crippen LogP contribution in [0.15, 0.2) is 23.1 Å². The Balaban J connectivity index is 2.82. The second-order valence-corrected chi connectivity index (χ2v) is 4.19. The number of thioether (sulfide) groups is 1. The molecule has 0 radical (unpaired) electrons. The van der Waals surface area contributed by atoms with E-state index in [2.05, 4.69) is 0 Å². The molecule has 0 aliphatic heterocycles. The summed E-state index contributed by atoms with van der Waals surface area (Å²) in [4.78, 5) is 21.4. The van der Waals surface area contributed by atoms with Gasteiger partial charge in [-0.2, -0.15) is 0 Å². The number of nitrogens with zero attached hydrogens (tertiary/aromatic N) is 1. The first-order chi connectivity index (χ1) is 7.69. The van der Waals surface area contributed by atoms with Crippen LogP contribution in [0, 0.1) is 10.1 Å². The highest BCUT2D eigenvalue weighted by Gasteiger charge is 2.13. The van der Waals surface area contributed by atoms with Crippen LogP contribution in [0.5, 0.6) is 0 Å². The number of carbonyl (C=O) groups is 1. The maximum atomic E-state index is 10.7. The molecule has 0 amide bonds. The lowest BCUT2D eigenvalue weighted by molar-refractivity contribution is -0.385. The highest BCUT2D eigenvalue weighted by molar-refractivity contribution is 7.99. The molecule has 0 bridgehead atoms. The molecule has 0 unspecified atom stereocenters. The number of aldehydes is 1. The van der Waals surface area contributed by atoms with Crippen molar-refractivity contribution in [3.05, 3.63) is 33.9 Å². The van der Waals surface area contributed by atoms with Gasteiger partial charge in [0.15, 0.2) is 6.29 Å². The number of aliphatic hydroxyl groups is 1. The summed E-state index contributed by atoms with van der Waals surface area (Å²) in [6, 6.07) is 4.42. The van der Waals surface area contributed by atoms with Gasteiger partial charge < -0.3 is 5.11 Å². The van der Waals surface area contributed by atoms with Crippen molar-refractivity contribution in [3.8, 4) is 0 Å². The summed E-state index contributed by atoms with van der Waals surface area (Å²) in [7, 11) is 0. The summed E-state index contributed by atoms with van der Waals surface area (Å²) in [6.07, 6.45) is 1.13. The second-order valence-electron chi connectivity index (χ2n) is 3.02. The summed E-state index contributed by atoms with van der Waals surface area (Å²) < 4.78 is 0. The molecule has 1 N–H and O–H groups in total. The van der Waals surface area contributed by atoms with Crippen molar-refractivity contribution in [2.45, 2.75) is 11.3 Å². The Kier molecular flexibility index (Phi) is 4.94. The van der Waals surface area contributed by atoms with Gasteiger partial charge in [0.05, 0.1) is 10.5 Å². The molecule has 0 aliphatic rings. The number of nitro groups is 1. The minimum absolute atomic E-state index is 0.0824. The van der Waals surface area contributed by atoms with Gasteiger partial charge in [-0.05, 0) is 18.6 Å². The first-order valence-corrected chi connectivity index (χ1v) is 5.65. The first kappa shape index (κ1) is 12.7. The van der Waals surface area contributed by atoms with Gasteiger partial charge >= 0.3 is 0 Å². The van der Waals surface area contributed by atoms with Gasteiger partial charge in [-0.3, -0.25) is 14.9 Å². The third kappa shape index (κ3) is 3.32. The van der Waals surface area contributed by atoms with Crippen molar-refractivity contribution < 1.29 is 14.8 Å². The Morgan fingerprint density at radius 3 is 2.81 bits per heavy atom. The van der Waals surface area contributed by atoms with Crippen molar-refractivity contribution in [2.75, 3.05) is 12.4 Å². The van der Waals surface area contributed by atoms with E-state index in [0.717, 1.165) is 4.90 Å². The van der Waals surface area contributed by atoms with Gasteiger partial charge in [0, 0.05) is 23.3 Å². The van der Waals surface area contributed by atoms with Gasteiger partial charge in [-0.1, -0.05) is 0 Å². The van der Waals surface area contributed by atoms with E-state index in [0.29, 0.717) is 18.5 Å². The van der Waals surface area contributed by atoms with E-state index in [-0.39, 0.29) is 17.9 Å². The van der Waals surface area contributed by atoms with Crippen LogP contribution in [-0.2, 0) is 0 Å². The lowest BCUT2D eigenvalue weighted by atomic mass is 10.2. The number of aliphatic hydroxyl groups excluding tert-OH is 1. The summed E-state index contributed by atoms with van der Waals surface area (Å²) >= 11 is 1.45. The van der Waals surface area contributed by atoms with Crippen LogP contribution >= 0.6 is 11.8 Å². The van der Waals surface area contributed by atoms with E-state index in [4.69, 9.17) is 5.11 Å². The number of carbonyl (C=O) groups excluding carboxylic acids is 1. The second kappa shape index (κ2) is 6.24. The molecule has 1 rings (SSSR count). The number of rotatable bonds is 6. The molecule has 86 valence electrons. The van der Waals surface area contributed by atoms with Gasteiger partial charge in [0.1, 0.15) is 0 Å². The van der Waals surface area contributed by atoms with E-state index < -0.39 is 4.92 Å². The third-order valence-corrected chi connectivity index (χ3v) is 2.97. The lowest BCUT2D eigenvalue weighted by Crippen LogP contribution is -1.94. The molecule has 0 saturated carbocycles. The Bertz CT molecular complexity index is 394. The van der Waals surface area contributed by atoms with Crippen LogP contribution in [-0.4, -0.2) is 28.7 Å². The van der Waals surface area contributed by atoms with E-state index in [1.807, 2.05) is 0 Å². The third-order valence-electron chi connectivity index (χ3n) is 1.89. The summed E-state index contributed by atoms with van der Waals surface area (Å²) in [6.45, 7) is 0.112. The summed E-state index contributed by atoms with van der Waals surface area (Å²) in [5.74, 6) is 0.715. The fraction of sp³-hybridized carbons (Fsp3) is 0.300. The number of nitro benzene ring substituents is 1. The minimum atomic E-state index is -0.577. The lowest BCUT2D eigenvalue weighted by Gasteiger charge is -2.01. The Hall–Kier alpha value is -1.40. The molecule has 0 aromatic heterocycles. The minimum Gasteiger partial charge on any atom is -0.396 e. The zero-order valence-electron chi connectivity index (χ0n) is 8.46. The normalized spacial score (nSPS) is 10.1. The zero-order valence-corrected chi connectivity index (χ0v) is 9.27. The van der Waals surface area contributed by atoms with Crippen molar-refractivity contribution in [3.63, 3.8) is 0 Å². The summed E-state index contributed by atoms with van der Waals surface area (Å²) in [5, 5.41) is 19.2. The van der Waals surface area contributed by atoms with Crippen molar-refractivity contribution in [1.29, 1.82) is 0 Å². The van der Waals surface area contributed by atoms with Crippen molar-refractivity contribution in [2.24, 2.45) is 0 Å². The van der Waals surface area contributed by atoms with Gasteiger partial charge in [0.25, 0.3) is 5.69 Å². The Morgan fingerprint density at radius 2 is 2.25 bits per heavy atom. The topological polar surface area (TPSA) is 80.4 Å². The molecule has 0 aliphatic carbocycles. The molecule has 0 saturated heterocycles. The number of hydrogen-bond acceptors (Lipinski definition) is 5. The average molecular weight is 241 g/mol. The quantitative estimate of drug-likeness (QED) is 0.270. The van der Waals surface area contributed by atoms with Crippen LogP contribution in [0.2, 0.25) is 0 Å². The SMILES string of the molecule is O=Cc1cc(SCCCO)ccc1[N+](=O)[O-]. The molecule has 1 aromatic carbocycles. The highest BCUT2D eigenvalue weighted by atomic mass is 32.2. The summed E-state index contributed by atoms with van der Waals surface area (Å²) in [5.41, 5.74) is -0.0968. The van der Waals surface area contributed by atoms with E-state index in [1.165, 1.54) is 23.9 Å². The average Bonchev–Trinajstić information content (AvgIpc) is 2.29. The highest BCUT2D eigenvalue weighted by Crippen LogP contribution is 2.25. The largest absolute Gasteiger partial charge is 0.396 e. The zero-order chi connectivity index (χ0) is 12.0. The van der Waals surface area contributed by atoms with Crippen LogP contribution in [0.4, 0.5) is 5.69 Å². The van der Waals surface area contributed by atoms with E-state index in [1.54, 1.807) is 6.07 Å². The molecular formula is C10H11NO4S. The predicted octanol–water partition coefficient (Wildman–Crippen LogP) is 1.88. The predicted molar refractivity (Wildman–Crippen MR) is 60.9 cm³/mol. The van der Waals surface area contributed by atoms with Gasteiger partial charge in [-0.15, -0.1) is 11.8 Å². The number of hydrogen-bond donors (Lipinski definition) is 1. The van der Waals surface area contributed by atoms with Crippen molar-refractivity contribution in [1.82, 2.24) is 0 Å². The molecule has 1 aromatic rings. The fourth-order valence-corrected chi connectivity index (χ4v) is 2.02. The maximum absolute atomic E-state index is 10.7. The van der Waals surface area contributed by atoms with Crippen LogP contribution in [0.3, 0.4) is 0 Å². The van der Waals surface area contributed by atoms with Crippen molar-refractivity contribution >= 4 is 23.7 Å². The first-order valence-electron chi connectivity index (χ1n) is 4.66. The molecule has 6 heteroatoms. The molecular weight excluding hydrogens is 230 g/mol. The van der Waals surface area contributed by atoms with Crippen LogP contribution < -0.4 is 0 Å². The molecule has 0 fully saturated rings. The molecule has 16 heavy (non-hydrogen) atoms. The Morgan fingerprint density at radius 1 is 1.50 bits per heavy atom. The maximum Gasteiger partial charge on any atom is 0.279 e. The smallest absolute Gasteiger partial charge is 0.279 e. The van der Waals surface area contributed by atoms with E-state index in [9.17, 15) is 14.9 Å². The molecule has 5 nitrogen and oxygen atoms in total. The molecule has 0 atom stereocenters. The Labute approximate surface area is 96.6 Å². The van der Waals surface area contributed by atoms with E-state index >= 15 is 0 Å². The van der Waals surface area contributed by atoms with Crippen LogP contribution in [0.25, 0.3) is 0 Å². The molecule has 0 spiro atoms. The fourth-order valence-electron chi connectivity index (χ4n) is 1.14. The standard InChI is InChI=1S/C10H11NO4S/c12-4-1-5-16-9-2-3-10(11(14)15)8(6-9)7-13/h2-3,6-7,12H,1,4-5H2.